The number of hydrogen-bond donors (Lipinski definition) is 1. The molecular weight excluding hydrogens is 284 g/mol. The van der Waals surface area contributed by atoms with Crippen molar-refractivity contribution in [1.29, 1.82) is 0 Å². The topological polar surface area (TPSA) is 46.5 Å². The molecule has 2 aliphatic rings. The summed E-state index contributed by atoms with van der Waals surface area (Å²) >= 11 is 3.40. The molecule has 3 rings (SSSR count). The summed E-state index contributed by atoms with van der Waals surface area (Å²) in [5, 5.41) is 9.46. The summed E-state index contributed by atoms with van der Waals surface area (Å²) in [6.45, 7) is 1.06. The first-order valence-corrected chi connectivity index (χ1v) is 6.47. The lowest BCUT2D eigenvalue weighted by molar-refractivity contribution is -0.161. The van der Waals surface area contributed by atoms with E-state index in [9.17, 15) is 9.90 Å². The van der Waals surface area contributed by atoms with Crippen molar-refractivity contribution in [2.75, 3.05) is 13.2 Å². The van der Waals surface area contributed by atoms with Crippen molar-refractivity contribution in [2.45, 2.75) is 18.3 Å². The van der Waals surface area contributed by atoms with Gasteiger partial charge in [0.1, 0.15) is 0 Å². The molecule has 1 saturated carbocycles. The van der Waals surface area contributed by atoms with Crippen LogP contribution in [-0.2, 0) is 14.9 Å². The molecule has 0 bridgehead atoms. The van der Waals surface area contributed by atoms with Crippen molar-refractivity contribution < 1.29 is 14.6 Å². The number of carboxylic acids is 1. The Labute approximate surface area is 108 Å². The zero-order chi connectivity index (χ0) is 12.1. The number of carbonyl (C=O) groups is 1. The van der Waals surface area contributed by atoms with Crippen LogP contribution in [-0.4, -0.2) is 24.3 Å². The highest BCUT2D eigenvalue weighted by atomic mass is 79.9. The van der Waals surface area contributed by atoms with Gasteiger partial charge in [-0.2, -0.15) is 0 Å². The number of aliphatic carboxylic acids is 1. The number of halogens is 1. The maximum atomic E-state index is 11.5. The smallest absolute Gasteiger partial charge is 0.310 e. The summed E-state index contributed by atoms with van der Waals surface area (Å²) in [6, 6.07) is 7.95. The van der Waals surface area contributed by atoms with Gasteiger partial charge in [-0.05, 0) is 30.5 Å². The van der Waals surface area contributed by atoms with E-state index in [0.29, 0.717) is 13.2 Å². The van der Waals surface area contributed by atoms with E-state index in [1.807, 2.05) is 24.3 Å². The van der Waals surface area contributed by atoms with E-state index in [1.54, 1.807) is 0 Å². The summed E-state index contributed by atoms with van der Waals surface area (Å²) in [6.07, 6.45) is 1.53. The average Bonchev–Trinajstić information content (AvgIpc) is 3.01. The molecule has 1 heterocycles. The molecule has 0 aromatic heterocycles. The number of hydrogen-bond acceptors (Lipinski definition) is 2. The molecule has 1 aliphatic heterocycles. The fourth-order valence-corrected chi connectivity index (χ4v) is 3.08. The van der Waals surface area contributed by atoms with Crippen molar-refractivity contribution in [2.24, 2.45) is 5.41 Å². The van der Waals surface area contributed by atoms with Gasteiger partial charge in [0.25, 0.3) is 0 Å². The number of carboxylic acid groups (broad SMARTS) is 1. The third-order valence-corrected chi connectivity index (χ3v) is 4.70. The highest BCUT2D eigenvalue weighted by Gasteiger charge is 2.68. The molecule has 0 spiro atoms. The minimum Gasteiger partial charge on any atom is -0.481 e. The van der Waals surface area contributed by atoms with Crippen LogP contribution in [0.3, 0.4) is 0 Å². The highest BCUT2D eigenvalue weighted by Crippen LogP contribution is 2.62. The molecule has 17 heavy (non-hydrogen) atoms. The van der Waals surface area contributed by atoms with Crippen molar-refractivity contribution >= 4 is 21.9 Å². The summed E-state index contributed by atoms with van der Waals surface area (Å²) in [4.78, 5) is 11.5. The largest absolute Gasteiger partial charge is 0.481 e. The Hall–Kier alpha value is -0.870. The van der Waals surface area contributed by atoms with Crippen LogP contribution in [0.1, 0.15) is 18.4 Å². The van der Waals surface area contributed by atoms with Crippen LogP contribution in [0.4, 0.5) is 0 Å². The van der Waals surface area contributed by atoms with E-state index in [1.165, 1.54) is 0 Å². The zero-order valence-corrected chi connectivity index (χ0v) is 10.9. The van der Waals surface area contributed by atoms with Crippen LogP contribution >= 0.6 is 15.9 Å². The molecule has 2 fully saturated rings. The average molecular weight is 297 g/mol. The molecule has 90 valence electrons. The van der Waals surface area contributed by atoms with Gasteiger partial charge in [0.05, 0.1) is 24.0 Å². The second-order valence-electron chi connectivity index (χ2n) is 4.97. The van der Waals surface area contributed by atoms with Crippen LogP contribution in [0.5, 0.6) is 0 Å². The van der Waals surface area contributed by atoms with E-state index in [2.05, 4.69) is 15.9 Å². The van der Waals surface area contributed by atoms with Gasteiger partial charge in [-0.15, -0.1) is 0 Å². The molecule has 4 heteroatoms. The number of rotatable bonds is 3. The summed E-state index contributed by atoms with van der Waals surface area (Å²) in [5.74, 6) is -0.677. The maximum Gasteiger partial charge on any atom is 0.310 e. The zero-order valence-electron chi connectivity index (χ0n) is 9.28. The number of ether oxygens (including phenoxy) is 1. The van der Waals surface area contributed by atoms with Crippen molar-refractivity contribution in [1.82, 2.24) is 0 Å². The van der Waals surface area contributed by atoms with E-state index >= 15 is 0 Å². The van der Waals surface area contributed by atoms with Gasteiger partial charge in [-0.1, -0.05) is 28.1 Å². The van der Waals surface area contributed by atoms with Crippen LogP contribution in [0.2, 0.25) is 0 Å². The number of benzene rings is 1. The Kier molecular flexibility index (Phi) is 2.35. The Morgan fingerprint density at radius 2 is 1.82 bits per heavy atom. The molecule has 0 unspecified atom stereocenters. The first kappa shape index (κ1) is 11.2. The summed E-state index contributed by atoms with van der Waals surface area (Å²) < 4.78 is 6.34. The first-order valence-electron chi connectivity index (χ1n) is 5.68. The second-order valence-corrected chi connectivity index (χ2v) is 5.88. The molecule has 1 aromatic carbocycles. The Bertz CT molecular complexity index is 458. The van der Waals surface area contributed by atoms with Crippen LogP contribution < -0.4 is 0 Å². The second kappa shape index (κ2) is 3.56. The maximum absolute atomic E-state index is 11.5. The fraction of sp³-hybridized carbons (Fsp3) is 0.462. The van der Waals surface area contributed by atoms with Crippen LogP contribution in [0.25, 0.3) is 0 Å². The van der Waals surface area contributed by atoms with Gasteiger partial charge in [0.2, 0.25) is 0 Å². The Morgan fingerprint density at radius 1 is 1.24 bits per heavy atom. The lowest BCUT2D eigenvalue weighted by atomic mass is 9.66. The van der Waals surface area contributed by atoms with Gasteiger partial charge < -0.3 is 9.84 Å². The predicted molar refractivity (Wildman–Crippen MR) is 65.9 cm³/mol. The van der Waals surface area contributed by atoms with Gasteiger partial charge in [0.15, 0.2) is 0 Å². The Balaban J connectivity index is 2.03. The molecule has 1 aromatic rings. The monoisotopic (exact) mass is 296 g/mol. The third-order valence-electron chi connectivity index (χ3n) is 4.17. The SMILES string of the molecule is O=C(O)C1(C2(c3ccc(Br)cc3)COC2)CC1. The molecule has 0 amide bonds. The van der Waals surface area contributed by atoms with Gasteiger partial charge in [0, 0.05) is 4.47 Å². The van der Waals surface area contributed by atoms with Crippen LogP contribution in [0, 0.1) is 5.41 Å². The molecular formula is C13H13BrO3. The lowest BCUT2D eigenvalue weighted by Gasteiger charge is -2.46. The summed E-state index contributed by atoms with van der Waals surface area (Å²) in [7, 11) is 0. The molecule has 0 atom stereocenters. The quantitative estimate of drug-likeness (QED) is 0.932. The normalized spacial score (nSPS) is 23.8. The van der Waals surface area contributed by atoms with Gasteiger partial charge in [-0.25, -0.2) is 0 Å². The van der Waals surface area contributed by atoms with Crippen molar-refractivity contribution in [3.05, 3.63) is 34.3 Å². The molecule has 3 nitrogen and oxygen atoms in total. The lowest BCUT2D eigenvalue weighted by Crippen LogP contribution is -2.56. The summed E-state index contributed by atoms with van der Waals surface area (Å²) in [5.41, 5.74) is 0.199. The fourth-order valence-electron chi connectivity index (χ4n) is 2.82. The first-order chi connectivity index (χ1) is 8.11. The minimum atomic E-state index is -0.677. The van der Waals surface area contributed by atoms with Crippen LogP contribution in [0.15, 0.2) is 28.7 Å². The molecule has 0 radical (unpaired) electrons. The van der Waals surface area contributed by atoms with Gasteiger partial charge in [-0.3, -0.25) is 4.79 Å². The Morgan fingerprint density at radius 3 is 2.18 bits per heavy atom. The van der Waals surface area contributed by atoms with Crippen molar-refractivity contribution in [3.63, 3.8) is 0 Å². The molecule has 1 N–H and O–H groups in total. The standard InChI is InChI=1S/C13H13BrO3/c14-10-3-1-9(2-4-10)13(7-17-8-13)12(5-6-12)11(15)16/h1-4H,5-8H2,(H,15,16). The molecule has 1 aliphatic carbocycles. The van der Waals surface area contributed by atoms with E-state index in [-0.39, 0.29) is 5.41 Å². The highest BCUT2D eigenvalue weighted by molar-refractivity contribution is 9.10. The van der Waals surface area contributed by atoms with Crippen molar-refractivity contribution in [3.8, 4) is 0 Å². The molecule has 1 saturated heterocycles. The van der Waals surface area contributed by atoms with Gasteiger partial charge >= 0.3 is 5.97 Å². The predicted octanol–water partition coefficient (Wildman–Crippen LogP) is 2.58. The van der Waals surface area contributed by atoms with E-state index in [0.717, 1.165) is 22.9 Å². The minimum absolute atomic E-state index is 0.306. The third kappa shape index (κ3) is 1.40. The van der Waals surface area contributed by atoms with E-state index in [4.69, 9.17) is 4.74 Å². The van der Waals surface area contributed by atoms with E-state index < -0.39 is 11.4 Å².